The number of para-hydroxylation sites is 1. The molecule has 0 radical (unpaired) electrons. The van der Waals surface area contributed by atoms with Crippen LogP contribution in [-0.2, 0) is 4.74 Å². The molecule has 2 aromatic rings. The van der Waals surface area contributed by atoms with Crippen LogP contribution in [0.1, 0.15) is 43.0 Å². The van der Waals surface area contributed by atoms with Crippen molar-refractivity contribution < 1.29 is 19.1 Å². The molecule has 0 spiro atoms. The first-order chi connectivity index (χ1) is 14.1. The van der Waals surface area contributed by atoms with Crippen molar-refractivity contribution in [3.05, 3.63) is 60.2 Å². The lowest BCUT2D eigenvalue weighted by atomic mass is 9.93. The fourth-order valence-electron chi connectivity index (χ4n) is 3.27. The maximum Gasteiger partial charge on any atom is 0.338 e. The summed E-state index contributed by atoms with van der Waals surface area (Å²) in [5, 5.41) is 2.99. The van der Waals surface area contributed by atoms with Crippen molar-refractivity contribution in [2.75, 3.05) is 12.0 Å². The number of anilines is 1. The molecule has 7 heteroatoms. The number of hydrogen-bond acceptors (Lipinski definition) is 5. The van der Waals surface area contributed by atoms with Crippen molar-refractivity contribution in [3.63, 3.8) is 0 Å². The Kier molecular flexibility index (Phi) is 7.33. The van der Waals surface area contributed by atoms with Gasteiger partial charge in [0.25, 0.3) is 0 Å². The first-order valence-electron chi connectivity index (χ1n) is 9.95. The van der Waals surface area contributed by atoms with E-state index in [1.54, 1.807) is 31.2 Å². The molecule has 0 bridgehead atoms. The normalized spacial score (nSPS) is 18.4. The SMILES string of the molecule is CCOC(=O)c1ccc(OC2CCC(NC(=O)NNc3ccccc3)CC2)cc1. The predicted molar refractivity (Wildman–Crippen MR) is 111 cm³/mol. The van der Waals surface area contributed by atoms with E-state index < -0.39 is 0 Å². The van der Waals surface area contributed by atoms with Crippen LogP contribution in [0, 0.1) is 0 Å². The van der Waals surface area contributed by atoms with Crippen LogP contribution in [-0.4, -0.2) is 30.8 Å². The van der Waals surface area contributed by atoms with Crippen LogP contribution in [0.3, 0.4) is 0 Å². The Hall–Kier alpha value is -3.22. The quantitative estimate of drug-likeness (QED) is 0.487. The monoisotopic (exact) mass is 397 g/mol. The molecule has 0 heterocycles. The maximum atomic E-state index is 12.0. The van der Waals surface area contributed by atoms with Crippen molar-refractivity contribution in [2.24, 2.45) is 0 Å². The molecule has 0 aromatic heterocycles. The second kappa shape index (κ2) is 10.4. The summed E-state index contributed by atoms with van der Waals surface area (Å²) in [5.74, 6) is 0.407. The highest BCUT2D eigenvalue weighted by molar-refractivity contribution is 5.89. The second-order valence-corrected chi connectivity index (χ2v) is 6.93. The third-order valence-electron chi connectivity index (χ3n) is 4.77. The van der Waals surface area contributed by atoms with Gasteiger partial charge in [-0.05, 0) is 69.0 Å². The summed E-state index contributed by atoms with van der Waals surface area (Å²) in [5.41, 5.74) is 6.87. The molecule has 29 heavy (non-hydrogen) atoms. The Labute approximate surface area is 170 Å². The Balaban J connectivity index is 1.37. The predicted octanol–water partition coefficient (Wildman–Crippen LogP) is 3.88. The zero-order valence-electron chi connectivity index (χ0n) is 16.5. The van der Waals surface area contributed by atoms with Gasteiger partial charge in [0.1, 0.15) is 5.75 Å². The van der Waals surface area contributed by atoms with E-state index in [4.69, 9.17) is 9.47 Å². The van der Waals surface area contributed by atoms with Gasteiger partial charge in [0.15, 0.2) is 0 Å². The van der Waals surface area contributed by atoms with Crippen LogP contribution in [0.15, 0.2) is 54.6 Å². The van der Waals surface area contributed by atoms with E-state index in [2.05, 4.69) is 16.2 Å². The van der Waals surface area contributed by atoms with Crippen LogP contribution in [0.4, 0.5) is 10.5 Å². The molecule has 3 N–H and O–H groups in total. The third kappa shape index (κ3) is 6.41. The lowest BCUT2D eigenvalue weighted by molar-refractivity contribution is 0.0526. The fourth-order valence-corrected chi connectivity index (χ4v) is 3.27. The van der Waals surface area contributed by atoms with Gasteiger partial charge >= 0.3 is 12.0 Å². The summed E-state index contributed by atoms with van der Waals surface area (Å²) in [6.45, 7) is 2.14. The number of hydrogen-bond donors (Lipinski definition) is 3. The lowest BCUT2D eigenvalue weighted by Gasteiger charge is -2.29. The standard InChI is InChI=1S/C22H27N3O4/c1-2-28-21(26)16-8-12-19(13-9-16)29-20-14-10-17(11-15-20)23-22(27)25-24-18-6-4-3-5-7-18/h3-9,12-13,17,20,24H,2,10-11,14-15H2,1H3,(H2,23,25,27). The summed E-state index contributed by atoms with van der Waals surface area (Å²) >= 11 is 0. The largest absolute Gasteiger partial charge is 0.490 e. The number of carbonyl (C=O) groups excluding carboxylic acids is 2. The van der Waals surface area contributed by atoms with Crippen LogP contribution in [0.5, 0.6) is 5.75 Å². The topological polar surface area (TPSA) is 88.7 Å². The molecule has 0 aliphatic heterocycles. The fraction of sp³-hybridized carbons (Fsp3) is 0.364. The summed E-state index contributed by atoms with van der Waals surface area (Å²) < 4.78 is 11.0. The number of hydrazine groups is 1. The van der Waals surface area contributed by atoms with Gasteiger partial charge in [0.2, 0.25) is 0 Å². The van der Waals surface area contributed by atoms with E-state index in [9.17, 15) is 9.59 Å². The van der Waals surface area contributed by atoms with E-state index in [-0.39, 0.29) is 24.1 Å². The summed E-state index contributed by atoms with van der Waals surface area (Å²) in [7, 11) is 0. The van der Waals surface area contributed by atoms with Gasteiger partial charge in [-0.3, -0.25) is 10.9 Å². The van der Waals surface area contributed by atoms with E-state index in [1.807, 2.05) is 30.3 Å². The minimum atomic E-state index is -0.328. The molecule has 1 aliphatic carbocycles. The number of nitrogens with one attached hydrogen (secondary N) is 3. The number of urea groups is 1. The molecule has 7 nitrogen and oxygen atoms in total. The van der Waals surface area contributed by atoms with Crippen LogP contribution >= 0.6 is 0 Å². The van der Waals surface area contributed by atoms with Crippen molar-refractivity contribution in [2.45, 2.75) is 44.8 Å². The zero-order chi connectivity index (χ0) is 20.5. The number of esters is 1. The number of amides is 2. The lowest BCUT2D eigenvalue weighted by Crippen LogP contribution is -2.46. The van der Waals surface area contributed by atoms with Crippen LogP contribution in [0.25, 0.3) is 0 Å². The number of ether oxygens (including phenoxy) is 2. The smallest absolute Gasteiger partial charge is 0.338 e. The molecular weight excluding hydrogens is 370 g/mol. The average molecular weight is 397 g/mol. The molecule has 1 fully saturated rings. The summed E-state index contributed by atoms with van der Waals surface area (Å²) in [6.07, 6.45) is 3.52. The number of carbonyl (C=O) groups is 2. The van der Waals surface area contributed by atoms with Crippen molar-refractivity contribution in [3.8, 4) is 5.75 Å². The molecule has 0 atom stereocenters. The minimum Gasteiger partial charge on any atom is -0.490 e. The van der Waals surface area contributed by atoms with E-state index >= 15 is 0 Å². The van der Waals surface area contributed by atoms with Gasteiger partial charge in [-0.2, -0.15) is 0 Å². The second-order valence-electron chi connectivity index (χ2n) is 6.93. The minimum absolute atomic E-state index is 0.104. The highest BCUT2D eigenvalue weighted by Crippen LogP contribution is 2.24. The van der Waals surface area contributed by atoms with E-state index in [0.717, 1.165) is 37.1 Å². The van der Waals surface area contributed by atoms with Crippen molar-refractivity contribution in [1.82, 2.24) is 10.7 Å². The molecule has 2 aromatic carbocycles. The van der Waals surface area contributed by atoms with Crippen molar-refractivity contribution >= 4 is 17.7 Å². The third-order valence-corrected chi connectivity index (χ3v) is 4.77. The Morgan fingerprint density at radius 1 is 0.966 bits per heavy atom. The highest BCUT2D eigenvalue weighted by atomic mass is 16.5. The van der Waals surface area contributed by atoms with Crippen LogP contribution < -0.4 is 20.9 Å². The molecule has 154 valence electrons. The zero-order valence-corrected chi connectivity index (χ0v) is 16.5. The summed E-state index contributed by atoms with van der Waals surface area (Å²) in [6, 6.07) is 16.4. The van der Waals surface area contributed by atoms with Gasteiger partial charge in [-0.15, -0.1) is 0 Å². The average Bonchev–Trinajstić information content (AvgIpc) is 2.75. The molecule has 3 rings (SSSR count). The first kappa shape index (κ1) is 20.5. The van der Waals surface area contributed by atoms with Gasteiger partial charge in [-0.1, -0.05) is 18.2 Å². The van der Waals surface area contributed by atoms with E-state index in [1.165, 1.54) is 0 Å². The van der Waals surface area contributed by atoms with Gasteiger partial charge in [0, 0.05) is 6.04 Å². The highest BCUT2D eigenvalue weighted by Gasteiger charge is 2.23. The molecular formula is C22H27N3O4. The maximum absolute atomic E-state index is 12.0. The summed E-state index contributed by atoms with van der Waals surface area (Å²) in [4.78, 5) is 23.7. The first-order valence-corrected chi connectivity index (χ1v) is 9.95. The van der Waals surface area contributed by atoms with Gasteiger partial charge < -0.3 is 14.8 Å². The van der Waals surface area contributed by atoms with Gasteiger partial charge in [-0.25, -0.2) is 9.59 Å². The molecule has 0 saturated heterocycles. The molecule has 1 saturated carbocycles. The Bertz CT molecular complexity index is 787. The van der Waals surface area contributed by atoms with Gasteiger partial charge in [0.05, 0.1) is 24.0 Å². The van der Waals surface area contributed by atoms with Crippen molar-refractivity contribution in [1.29, 1.82) is 0 Å². The Morgan fingerprint density at radius 3 is 2.31 bits per heavy atom. The van der Waals surface area contributed by atoms with Crippen LogP contribution in [0.2, 0.25) is 0 Å². The molecule has 1 aliphatic rings. The van der Waals surface area contributed by atoms with E-state index in [0.29, 0.717) is 12.2 Å². The molecule has 0 unspecified atom stereocenters. The molecule has 2 amide bonds. The number of rotatable bonds is 7. The number of benzene rings is 2. The Morgan fingerprint density at radius 2 is 1.66 bits per heavy atom.